The molecule has 1 aliphatic heterocycles. The first-order valence-corrected chi connectivity index (χ1v) is 5.56. The third kappa shape index (κ3) is 2.55. The molecule has 1 aromatic rings. The van der Waals surface area contributed by atoms with Crippen LogP contribution in [0.15, 0.2) is 12.4 Å². The minimum absolute atomic E-state index is 0.308. The van der Waals surface area contributed by atoms with E-state index in [4.69, 9.17) is 5.84 Å². The maximum Gasteiger partial charge on any atom is 0.270 e. The van der Waals surface area contributed by atoms with Gasteiger partial charge >= 0.3 is 0 Å². The van der Waals surface area contributed by atoms with Crippen molar-refractivity contribution >= 4 is 11.6 Å². The van der Waals surface area contributed by atoms with Gasteiger partial charge < -0.3 is 4.90 Å². The SMILES string of the molecule is Cn1cc(N2CCCC(C(=O)N(N)F)C2)cn1. The predicted molar refractivity (Wildman–Crippen MR) is 60.3 cm³/mol. The molecule has 94 valence electrons. The van der Waals surface area contributed by atoms with E-state index in [0.717, 1.165) is 18.7 Å². The second-order valence-corrected chi connectivity index (χ2v) is 4.31. The van der Waals surface area contributed by atoms with Gasteiger partial charge in [-0.15, -0.1) is 5.23 Å². The van der Waals surface area contributed by atoms with E-state index < -0.39 is 5.91 Å². The Morgan fingerprint density at radius 3 is 3.06 bits per heavy atom. The number of nitrogens with two attached hydrogens (primary N) is 1. The Bertz CT molecular complexity index is 405. The summed E-state index contributed by atoms with van der Waals surface area (Å²) in [5.74, 6) is 3.81. The number of amides is 1. The maximum absolute atomic E-state index is 12.6. The van der Waals surface area contributed by atoms with Crippen LogP contribution in [0.5, 0.6) is 0 Å². The molecule has 0 bridgehead atoms. The van der Waals surface area contributed by atoms with Crippen LogP contribution in [0, 0.1) is 5.92 Å². The van der Waals surface area contributed by atoms with Crippen LogP contribution in [0.3, 0.4) is 0 Å². The lowest BCUT2D eigenvalue weighted by molar-refractivity contribution is -0.152. The minimum Gasteiger partial charge on any atom is -0.368 e. The summed E-state index contributed by atoms with van der Waals surface area (Å²) in [7, 11) is 1.83. The summed E-state index contributed by atoms with van der Waals surface area (Å²) in [6, 6.07) is 0. The molecule has 0 aliphatic carbocycles. The molecule has 1 fully saturated rings. The van der Waals surface area contributed by atoms with Gasteiger partial charge in [0.25, 0.3) is 5.91 Å². The lowest BCUT2D eigenvalue weighted by Crippen LogP contribution is -2.44. The van der Waals surface area contributed by atoms with Crippen molar-refractivity contribution < 1.29 is 9.28 Å². The minimum atomic E-state index is -0.654. The number of aromatic nitrogens is 2. The summed E-state index contributed by atoms with van der Waals surface area (Å²) in [4.78, 5) is 13.5. The quantitative estimate of drug-likeness (QED) is 0.348. The molecule has 7 heteroatoms. The van der Waals surface area contributed by atoms with E-state index in [0.29, 0.717) is 13.0 Å². The molecule has 1 aromatic heterocycles. The molecule has 1 atom stereocenters. The van der Waals surface area contributed by atoms with Gasteiger partial charge in [-0.2, -0.15) is 5.10 Å². The fraction of sp³-hybridized carbons (Fsp3) is 0.600. The Kier molecular flexibility index (Phi) is 3.28. The third-order valence-electron chi connectivity index (χ3n) is 3.04. The van der Waals surface area contributed by atoms with E-state index in [2.05, 4.69) is 5.10 Å². The van der Waals surface area contributed by atoms with Crippen LogP contribution < -0.4 is 10.7 Å². The lowest BCUT2D eigenvalue weighted by atomic mass is 9.97. The molecule has 0 radical (unpaired) electrons. The van der Waals surface area contributed by atoms with Crippen LogP contribution in [-0.4, -0.2) is 34.0 Å². The molecular formula is C10H16FN5O. The summed E-state index contributed by atoms with van der Waals surface area (Å²) in [5.41, 5.74) is 0.951. The van der Waals surface area contributed by atoms with Crippen molar-refractivity contribution in [2.45, 2.75) is 12.8 Å². The van der Waals surface area contributed by atoms with Crippen molar-refractivity contribution in [3.05, 3.63) is 12.4 Å². The Balaban J connectivity index is 2.04. The van der Waals surface area contributed by atoms with Crippen LogP contribution in [0.25, 0.3) is 0 Å². The standard InChI is InChI=1S/C10H16FN5O/c1-14-7-9(5-13-14)15-4-2-3-8(6-15)10(17)16(11)12/h5,7-8H,2-4,6,12H2,1H3. The zero-order valence-electron chi connectivity index (χ0n) is 9.71. The fourth-order valence-corrected chi connectivity index (χ4v) is 2.16. The Morgan fingerprint density at radius 2 is 2.47 bits per heavy atom. The molecule has 6 nitrogen and oxygen atoms in total. The van der Waals surface area contributed by atoms with E-state index in [9.17, 15) is 9.28 Å². The number of anilines is 1. The average molecular weight is 241 g/mol. The number of hydrogen-bond donors (Lipinski definition) is 1. The number of aryl methyl sites for hydroxylation is 1. The fourth-order valence-electron chi connectivity index (χ4n) is 2.16. The summed E-state index contributed by atoms with van der Waals surface area (Å²) in [6.45, 7) is 1.34. The number of carbonyl (C=O) groups is 1. The van der Waals surface area contributed by atoms with E-state index in [1.54, 1.807) is 10.9 Å². The van der Waals surface area contributed by atoms with Gasteiger partial charge in [-0.25, -0.2) is 5.84 Å². The Labute approximate surface area is 98.7 Å². The van der Waals surface area contributed by atoms with Crippen molar-refractivity contribution in [3.63, 3.8) is 0 Å². The van der Waals surface area contributed by atoms with E-state index in [1.807, 2.05) is 18.1 Å². The highest BCUT2D eigenvalue weighted by molar-refractivity contribution is 5.78. The Morgan fingerprint density at radius 1 is 1.71 bits per heavy atom. The molecule has 0 spiro atoms. The van der Waals surface area contributed by atoms with Gasteiger partial charge in [0, 0.05) is 26.3 Å². The van der Waals surface area contributed by atoms with Crippen molar-refractivity contribution in [1.29, 1.82) is 0 Å². The van der Waals surface area contributed by atoms with Crippen LogP contribution in [-0.2, 0) is 11.8 Å². The molecule has 1 aliphatic rings. The van der Waals surface area contributed by atoms with Gasteiger partial charge in [-0.1, -0.05) is 4.48 Å². The van der Waals surface area contributed by atoms with Crippen molar-refractivity contribution in [1.82, 2.24) is 15.0 Å². The molecule has 2 heterocycles. The van der Waals surface area contributed by atoms with Crippen LogP contribution in [0.4, 0.5) is 10.2 Å². The molecule has 17 heavy (non-hydrogen) atoms. The van der Waals surface area contributed by atoms with Gasteiger partial charge in [0.1, 0.15) is 0 Å². The van der Waals surface area contributed by atoms with Crippen molar-refractivity contribution in [3.8, 4) is 0 Å². The average Bonchev–Trinajstić information content (AvgIpc) is 2.75. The van der Waals surface area contributed by atoms with E-state index >= 15 is 0 Å². The highest BCUT2D eigenvalue weighted by Gasteiger charge is 2.29. The van der Waals surface area contributed by atoms with Crippen molar-refractivity contribution in [2.24, 2.45) is 18.8 Å². The van der Waals surface area contributed by atoms with Gasteiger partial charge in [-0.3, -0.25) is 9.48 Å². The van der Waals surface area contributed by atoms with Crippen LogP contribution >= 0.6 is 0 Å². The Hall–Kier alpha value is -1.63. The number of nitrogens with zero attached hydrogens (tertiary/aromatic N) is 4. The molecule has 1 saturated heterocycles. The number of rotatable bonds is 2. The normalized spacial score (nSPS) is 20.4. The first-order valence-electron chi connectivity index (χ1n) is 5.56. The van der Waals surface area contributed by atoms with Gasteiger partial charge in [0.05, 0.1) is 17.8 Å². The number of hydrogen-bond acceptors (Lipinski definition) is 4. The summed E-state index contributed by atoms with van der Waals surface area (Å²) in [6.07, 6.45) is 5.14. The second-order valence-electron chi connectivity index (χ2n) is 4.31. The summed E-state index contributed by atoms with van der Waals surface area (Å²) in [5, 5.41) is 3.77. The van der Waals surface area contributed by atoms with Crippen LogP contribution in [0.2, 0.25) is 0 Å². The van der Waals surface area contributed by atoms with Gasteiger partial charge in [0.2, 0.25) is 0 Å². The highest BCUT2D eigenvalue weighted by atomic mass is 19.2. The first kappa shape index (κ1) is 11.8. The summed E-state index contributed by atoms with van der Waals surface area (Å²) < 4.78 is 14.3. The predicted octanol–water partition coefficient (Wildman–Crippen LogP) is 0.223. The molecule has 0 aromatic carbocycles. The number of piperidine rings is 1. The second kappa shape index (κ2) is 4.70. The zero-order valence-corrected chi connectivity index (χ0v) is 9.71. The maximum atomic E-state index is 12.6. The van der Waals surface area contributed by atoms with Gasteiger partial charge in [-0.05, 0) is 12.8 Å². The number of hydrazine groups is 1. The lowest BCUT2D eigenvalue weighted by Gasteiger charge is -2.32. The largest absolute Gasteiger partial charge is 0.368 e. The number of carbonyl (C=O) groups excluding carboxylic acids is 1. The molecular weight excluding hydrogens is 225 g/mol. The zero-order chi connectivity index (χ0) is 12.4. The van der Waals surface area contributed by atoms with Crippen molar-refractivity contribution in [2.75, 3.05) is 18.0 Å². The van der Waals surface area contributed by atoms with E-state index in [-0.39, 0.29) is 11.1 Å². The topological polar surface area (TPSA) is 67.4 Å². The van der Waals surface area contributed by atoms with Gasteiger partial charge in [0.15, 0.2) is 0 Å². The van der Waals surface area contributed by atoms with Crippen LogP contribution in [0.1, 0.15) is 12.8 Å². The smallest absolute Gasteiger partial charge is 0.270 e. The summed E-state index contributed by atoms with van der Waals surface area (Å²) >= 11 is 0. The molecule has 1 unspecified atom stereocenters. The molecule has 2 N–H and O–H groups in total. The molecule has 0 saturated carbocycles. The monoisotopic (exact) mass is 241 g/mol. The first-order chi connectivity index (χ1) is 8.08. The molecule has 1 amide bonds. The number of halogens is 1. The molecule has 2 rings (SSSR count). The van der Waals surface area contributed by atoms with E-state index in [1.165, 1.54) is 0 Å². The third-order valence-corrected chi connectivity index (χ3v) is 3.04. The highest BCUT2D eigenvalue weighted by Crippen LogP contribution is 2.23.